The number of hydrazone groups is 1. The van der Waals surface area contributed by atoms with Gasteiger partial charge in [-0.3, -0.25) is 5.43 Å². The number of aromatic nitrogens is 1. The molecule has 0 radical (unpaired) electrons. The van der Waals surface area contributed by atoms with Gasteiger partial charge in [-0.25, -0.2) is 4.98 Å². The summed E-state index contributed by atoms with van der Waals surface area (Å²) in [5.41, 5.74) is 5.95. The molecule has 5 heteroatoms. The van der Waals surface area contributed by atoms with Gasteiger partial charge in [-0.15, -0.1) is 11.3 Å². The molecule has 0 atom stereocenters. The van der Waals surface area contributed by atoms with Crippen LogP contribution in [-0.4, -0.2) is 11.2 Å². The van der Waals surface area contributed by atoms with Crippen molar-refractivity contribution < 1.29 is 4.42 Å². The van der Waals surface area contributed by atoms with Crippen LogP contribution in [0.5, 0.6) is 0 Å². The first-order valence-corrected chi connectivity index (χ1v) is 7.47. The van der Waals surface area contributed by atoms with E-state index in [-0.39, 0.29) is 0 Å². The molecule has 2 heterocycles. The molecule has 0 bridgehead atoms. The normalized spacial score (nSPS) is 11.1. The average molecular weight is 297 g/mol. The van der Waals surface area contributed by atoms with E-state index in [2.05, 4.69) is 15.5 Å². The Morgan fingerprint density at radius 2 is 2.05 bits per heavy atom. The van der Waals surface area contributed by atoms with Crippen molar-refractivity contribution in [3.63, 3.8) is 0 Å². The molecule has 0 aliphatic rings. The molecule has 1 aromatic carbocycles. The Hall–Kier alpha value is -2.40. The fourth-order valence-electron chi connectivity index (χ4n) is 1.98. The quantitative estimate of drug-likeness (QED) is 0.571. The van der Waals surface area contributed by atoms with Crippen molar-refractivity contribution in [2.45, 2.75) is 13.8 Å². The SMILES string of the molecule is Cc1csc(NN=Cc2ccccc2-c2ccc(C)o2)n1. The maximum Gasteiger partial charge on any atom is 0.203 e. The van der Waals surface area contributed by atoms with E-state index in [0.29, 0.717) is 0 Å². The first kappa shape index (κ1) is 13.6. The summed E-state index contributed by atoms with van der Waals surface area (Å²) in [5, 5.41) is 7.02. The number of aryl methyl sites for hydroxylation is 2. The second-order valence-electron chi connectivity index (χ2n) is 4.66. The zero-order chi connectivity index (χ0) is 14.7. The minimum atomic E-state index is 0.787. The van der Waals surface area contributed by atoms with E-state index in [1.165, 1.54) is 11.3 Å². The molecule has 0 fully saturated rings. The van der Waals surface area contributed by atoms with E-state index >= 15 is 0 Å². The Kier molecular flexibility index (Phi) is 3.83. The first-order valence-electron chi connectivity index (χ1n) is 6.59. The molecule has 0 unspecified atom stereocenters. The number of thiazole rings is 1. The van der Waals surface area contributed by atoms with Crippen LogP contribution in [0.3, 0.4) is 0 Å². The van der Waals surface area contributed by atoms with Crippen LogP contribution >= 0.6 is 11.3 Å². The molecule has 0 aliphatic carbocycles. The summed E-state index contributed by atoms with van der Waals surface area (Å²) in [6.45, 7) is 3.90. The van der Waals surface area contributed by atoms with Crippen molar-refractivity contribution in [1.82, 2.24) is 4.98 Å². The van der Waals surface area contributed by atoms with E-state index in [4.69, 9.17) is 4.42 Å². The van der Waals surface area contributed by atoms with Gasteiger partial charge in [0.15, 0.2) is 0 Å². The molecule has 0 saturated carbocycles. The highest BCUT2D eigenvalue weighted by Crippen LogP contribution is 2.24. The lowest BCUT2D eigenvalue weighted by Crippen LogP contribution is -1.92. The van der Waals surface area contributed by atoms with Crippen LogP contribution in [-0.2, 0) is 0 Å². The van der Waals surface area contributed by atoms with Gasteiger partial charge < -0.3 is 4.42 Å². The van der Waals surface area contributed by atoms with Crippen LogP contribution in [0.2, 0.25) is 0 Å². The number of anilines is 1. The molecule has 3 aromatic rings. The lowest BCUT2D eigenvalue weighted by molar-refractivity contribution is 0.548. The number of nitrogens with one attached hydrogen (secondary N) is 1. The number of rotatable bonds is 4. The van der Waals surface area contributed by atoms with Crippen molar-refractivity contribution in [2.24, 2.45) is 5.10 Å². The summed E-state index contributed by atoms with van der Waals surface area (Å²) in [6, 6.07) is 11.9. The Morgan fingerprint density at radius 1 is 1.19 bits per heavy atom. The van der Waals surface area contributed by atoms with Gasteiger partial charge in [-0.2, -0.15) is 5.10 Å². The molecule has 0 saturated heterocycles. The van der Waals surface area contributed by atoms with Crippen LogP contribution in [0.25, 0.3) is 11.3 Å². The molecule has 3 rings (SSSR count). The predicted octanol–water partition coefficient (Wildman–Crippen LogP) is 4.47. The van der Waals surface area contributed by atoms with Gasteiger partial charge in [-0.05, 0) is 26.0 Å². The number of hydrogen-bond donors (Lipinski definition) is 1. The van der Waals surface area contributed by atoms with Gasteiger partial charge >= 0.3 is 0 Å². The molecular formula is C16H15N3OS. The van der Waals surface area contributed by atoms with Crippen molar-refractivity contribution >= 4 is 22.7 Å². The lowest BCUT2D eigenvalue weighted by atomic mass is 10.1. The number of nitrogens with zero attached hydrogens (tertiary/aromatic N) is 2. The minimum Gasteiger partial charge on any atom is -0.461 e. The second-order valence-corrected chi connectivity index (χ2v) is 5.52. The summed E-state index contributed by atoms with van der Waals surface area (Å²) in [7, 11) is 0. The monoisotopic (exact) mass is 297 g/mol. The summed E-state index contributed by atoms with van der Waals surface area (Å²) in [4.78, 5) is 4.30. The summed E-state index contributed by atoms with van der Waals surface area (Å²) < 4.78 is 5.69. The van der Waals surface area contributed by atoms with Crippen molar-refractivity contribution in [2.75, 3.05) is 5.43 Å². The summed E-state index contributed by atoms with van der Waals surface area (Å²) in [6.07, 6.45) is 1.78. The molecule has 21 heavy (non-hydrogen) atoms. The van der Waals surface area contributed by atoms with Gasteiger partial charge in [-0.1, -0.05) is 24.3 Å². The Balaban J connectivity index is 1.82. The van der Waals surface area contributed by atoms with E-state index in [1.54, 1.807) is 6.21 Å². The largest absolute Gasteiger partial charge is 0.461 e. The van der Waals surface area contributed by atoms with E-state index in [9.17, 15) is 0 Å². The van der Waals surface area contributed by atoms with Crippen molar-refractivity contribution in [3.05, 3.63) is 58.8 Å². The standard InChI is InChI=1S/C16H15N3OS/c1-11-10-21-16(18-11)19-17-9-13-5-3-4-6-14(13)15-8-7-12(2)20-15/h3-10H,1-2H3,(H,18,19). The number of furan rings is 1. The third-order valence-electron chi connectivity index (χ3n) is 2.95. The predicted molar refractivity (Wildman–Crippen MR) is 86.9 cm³/mol. The summed E-state index contributed by atoms with van der Waals surface area (Å²) in [5.74, 6) is 1.74. The fraction of sp³-hybridized carbons (Fsp3) is 0.125. The molecule has 0 aliphatic heterocycles. The maximum atomic E-state index is 5.69. The zero-order valence-corrected chi connectivity index (χ0v) is 12.6. The van der Waals surface area contributed by atoms with Crippen LogP contribution in [0, 0.1) is 13.8 Å². The maximum absolute atomic E-state index is 5.69. The third-order valence-corrected chi connectivity index (χ3v) is 3.81. The van der Waals surface area contributed by atoms with Crippen LogP contribution < -0.4 is 5.43 Å². The van der Waals surface area contributed by atoms with Crippen LogP contribution in [0.15, 0.2) is 51.3 Å². The highest BCUT2D eigenvalue weighted by molar-refractivity contribution is 7.13. The second kappa shape index (κ2) is 5.93. The molecule has 2 aromatic heterocycles. The first-order chi connectivity index (χ1) is 10.2. The van der Waals surface area contributed by atoms with Gasteiger partial charge in [0.25, 0.3) is 0 Å². The Labute approximate surface area is 127 Å². The molecule has 0 spiro atoms. The van der Waals surface area contributed by atoms with Gasteiger partial charge in [0, 0.05) is 16.5 Å². The zero-order valence-electron chi connectivity index (χ0n) is 11.8. The highest BCUT2D eigenvalue weighted by atomic mass is 32.1. The topological polar surface area (TPSA) is 50.4 Å². The van der Waals surface area contributed by atoms with E-state index in [1.807, 2.05) is 55.6 Å². The van der Waals surface area contributed by atoms with Crippen molar-refractivity contribution in [1.29, 1.82) is 0 Å². The van der Waals surface area contributed by atoms with E-state index in [0.717, 1.165) is 33.5 Å². The van der Waals surface area contributed by atoms with E-state index < -0.39 is 0 Å². The summed E-state index contributed by atoms with van der Waals surface area (Å²) >= 11 is 1.53. The molecule has 106 valence electrons. The Bertz CT molecular complexity index is 773. The van der Waals surface area contributed by atoms with Crippen molar-refractivity contribution in [3.8, 4) is 11.3 Å². The van der Waals surface area contributed by atoms with Gasteiger partial charge in [0.05, 0.1) is 11.9 Å². The molecular weight excluding hydrogens is 282 g/mol. The third kappa shape index (κ3) is 3.20. The molecule has 1 N–H and O–H groups in total. The lowest BCUT2D eigenvalue weighted by Gasteiger charge is -2.02. The fourth-order valence-corrected chi connectivity index (χ4v) is 2.61. The minimum absolute atomic E-state index is 0.787. The number of benzene rings is 1. The highest BCUT2D eigenvalue weighted by Gasteiger charge is 2.06. The molecule has 0 amide bonds. The van der Waals surface area contributed by atoms with Crippen LogP contribution in [0.1, 0.15) is 17.0 Å². The average Bonchev–Trinajstić information content (AvgIpc) is 3.08. The van der Waals surface area contributed by atoms with Gasteiger partial charge in [0.2, 0.25) is 5.13 Å². The van der Waals surface area contributed by atoms with Crippen LogP contribution in [0.4, 0.5) is 5.13 Å². The van der Waals surface area contributed by atoms with Gasteiger partial charge in [0.1, 0.15) is 11.5 Å². The number of hydrogen-bond acceptors (Lipinski definition) is 5. The smallest absolute Gasteiger partial charge is 0.203 e. The molecule has 4 nitrogen and oxygen atoms in total. The Morgan fingerprint density at radius 3 is 2.76 bits per heavy atom.